The van der Waals surface area contributed by atoms with Gasteiger partial charge in [-0.05, 0) is 58.7 Å². The molecule has 0 aliphatic heterocycles. The molecular weight excluding hydrogens is 325 g/mol. The summed E-state index contributed by atoms with van der Waals surface area (Å²) >= 11 is 5.20. The molecule has 0 aliphatic rings. The Kier molecular flexibility index (Phi) is 5.13. The molecule has 0 spiro atoms. The Hall–Kier alpha value is -0.710. The minimum atomic E-state index is -0.170. The van der Waals surface area contributed by atoms with Gasteiger partial charge in [-0.1, -0.05) is 13.0 Å². The molecule has 1 atom stereocenters. The summed E-state index contributed by atoms with van der Waals surface area (Å²) in [6.45, 7) is 4.97. The molecule has 0 aliphatic carbocycles. The molecule has 1 heterocycles. The highest BCUT2D eigenvalue weighted by molar-refractivity contribution is 9.10. The summed E-state index contributed by atoms with van der Waals surface area (Å²) in [6.07, 6.45) is 0.883. The Bertz CT molecular complexity index is 553. The smallest absolute Gasteiger partial charge is 0.123 e. The molecule has 0 bridgehead atoms. The Morgan fingerprint density at radius 3 is 2.79 bits per heavy atom. The lowest BCUT2D eigenvalue weighted by Crippen LogP contribution is -2.23. The first-order chi connectivity index (χ1) is 9.10. The minimum absolute atomic E-state index is 0.159. The zero-order valence-corrected chi connectivity index (χ0v) is 13.4. The van der Waals surface area contributed by atoms with Gasteiger partial charge >= 0.3 is 0 Å². The van der Waals surface area contributed by atoms with Crippen LogP contribution < -0.4 is 5.32 Å². The molecule has 4 heteroatoms. The van der Waals surface area contributed by atoms with Crippen molar-refractivity contribution >= 4 is 27.3 Å². The number of benzene rings is 1. The Balaban J connectivity index is 2.26. The van der Waals surface area contributed by atoms with Crippen molar-refractivity contribution in [1.82, 2.24) is 5.32 Å². The number of hydrogen-bond donors (Lipinski definition) is 1. The maximum absolute atomic E-state index is 13.5. The van der Waals surface area contributed by atoms with E-state index in [1.807, 2.05) is 13.0 Å². The summed E-state index contributed by atoms with van der Waals surface area (Å²) < 4.78 is 14.6. The summed E-state index contributed by atoms with van der Waals surface area (Å²) in [4.78, 5) is 1.29. The van der Waals surface area contributed by atoms with Gasteiger partial charge in [0.2, 0.25) is 0 Å². The molecule has 1 aromatic carbocycles. The van der Waals surface area contributed by atoms with Crippen LogP contribution >= 0.6 is 27.3 Å². The lowest BCUT2D eigenvalue weighted by molar-refractivity contribution is 0.543. The summed E-state index contributed by atoms with van der Waals surface area (Å²) in [7, 11) is 0. The van der Waals surface area contributed by atoms with Crippen LogP contribution in [-0.2, 0) is 6.42 Å². The zero-order valence-electron chi connectivity index (χ0n) is 11.0. The number of thiophene rings is 1. The van der Waals surface area contributed by atoms with Gasteiger partial charge in [0, 0.05) is 27.2 Å². The van der Waals surface area contributed by atoms with Crippen LogP contribution in [0.5, 0.6) is 0 Å². The summed E-state index contributed by atoms with van der Waals surface area (Å²) in [5.74, 6) is -0.170. The molecule has 1 unspecified atom stereocenters. The maximum Gasteiger partial charge on any atom is 0.123 e. The number of likely N-dealkylation sites (N-methyl/N-ethyl adjacent to an activating group) is 1. The van der Waals surface area contributed by atoms with Crippen molar-refractivity contribution in [2.75, 3.05) is 6.54 Å². The predicted molar refractivity (Wildman–Crippen MR) is 83.3 cm³/mol. The van der Waals surface area contributed by atoms with Crippen molar-refractivity contribution in [3.63, 3.8) is 0 Å². The Morgan fingerprint density at radius 1 is 1.37 bits per heavy atom. The molecule has 0 radical (unpaired) electrons. The molecule has 0 saturated heterocycles. The number of nitrogens with one attached hydrogen (secondary N) is 1. The lowest BCUT2D eigenvalue weighted by atomic mass is 9.98. The molecule has 2 rings (SSSR count). The molecule has 1 aromatic heterocycles. The highest BCUT2D eigenvalue weighted by atomic mass is 79.9. The molecule has 19 heavy (non-hydrogen) atoms. The van der Waals surface area contributed by atoms with Gasteiger partial charge in [-0.3, -0.25) is 0 Å². The molecular formula is C15H17BrFNS. The summed E-state index contributed by atoms with van der Waals surface area (Å²) in [6, 6.07) is 7.30. The molecule has 0 fully saturated rings. The van der Waals surface area contributed by atoms with Crippen molar-refractivity contribution < 1.29 is 4.39 Å². The SMILES string of the molecule is CCNC(Cc1cc(Br)cs1)c1cc(F)ccc1C. The Labute approximate surface area is 126 Å². The van der Waals surface area contributed by atoms with E-state index in [2.05, 4.69) is 39.6 Å². The van der Waals surface area contributed by atoms with Gasteiger partial charge in [0.25, 0.3) is 0 Å². The second-order valence-electron chi connectivity index (χ2n) is 4.55. The molecule has 0 saturated carbocycles. The highest BCUT2D eigenvalue weighted by Crippen LogP contribution is 2.27. The van der Waals surface area contributed by atoms with E-state index in [0.717, 1.165) is 28.6 Å². The second kappa shape index (κ2) is 6.64. The fourth-order valence-electron chi connectivity index (χ4n) is 2.19. The van der Waals surface area contributed by atoms with Crippen molar-refractivity contribution in [2.24, 2.45) is 0 Å². The third-order valence-electron chi connectivity index (χ3n) is 3.09. The van der Waals surface area contributed by atoms with Crippen molar-refractivity contribution in [2.45, 2.75) is 26.3 Å². The molecule has 1 N–H and O–H groups in total. The van der Waals surface area contributed by atoms with Crippen LogP contribution in [-0.4, -0.2) is 6.54 Å². The molecule has 2 aromatic rings. The number of halogens is 2. The first-order valence-electron chi connectivity index (χ1n) is 6.32. The van der Waals surface area contributed by atoms with Gasteiger partial charge < -0.3 is 5.32 Å². The number of hydrogen-bond acceptors (Lipinski definition) is 2. The van der Waals surface area contributed by atoms with Gasteiger partial charge in [0.1, 0.15) is 5.82 Å². The number of rotatable bonds is 5. The average molecular weight is 342 g/mol. The quantitative estimate of drug-likeness (QED) is 0.819. The van der Waals surface area contributed by atoms with E-state index in [4.69, 9.17) is 0 Å². The standard InChI is InChI=1S/C15H17BrFNS/c1-3-18-15(8-13-6-11(16)9-19-13)14-7-12(17)5-4-10(14)2/h4-7,9,15,18H,3,8H2,1-2H3. The van der Waals surface area contributed by atoms with E-state index in [0.29, 0.717) is 0 Å². The van der Waals surface area contributed by atoms with Crippen LogP contribution in [0, 0.1) is 12.7 Å². The first kappa shape index (κ1) is 14.7. The van der Waals surface area contributed by atoms with Gasteiger partial charge in [-0.2, -0.15) is 0 Å². The van der Waals surface area contributed by atoms with Crippen LogP contribution in [0.4, 0.5) is 4.39 Å². The normalized spacial score (nSPS) is 12.6. The third kappa shape index (κ3) is 3.88. The molecule has 102 valence electrons. The first-order valence-corrected chi connectivity index (χ1v) is 7.99. The predicted octanol–water partition coefficient (Wildman–Crippen LogP) is 4.85. The maximum atomic E-state index is 13.5. The largest absolute Gasteiger partial charge is 0.310 e. The van der Waals surface area contributed by atoms with Crippen LogP contribution in [0.3, 0.4) is 0 Å². The second-order valence-corrected chi connectivity index (χ2v) is 6.46. The number of aryl methyl sites for hydroxylation is 1. The zero-order chi connectivity index (χ0) is 13.8. The van der Waals surface area contributed by atoms with E-state index >= 15 is 0 Å². The fourth-order valence-corrected chi connectivity index (χ4v) is 3.69. The summed E-state index contributed by atoms with van der Waals surface area (Å²) in [5.41, 5.74) is 2.18. The van der Waals surface area contributed by atoms with Gasteiger partial charge in [0.15, 0.2) is 0 Å². The Morgan fingerprint density at radius 2 is 2.16 bits per heavy atom. The highest BCUT2D eigenvalue weighted by Gasteiger charge is 2.15. The van der Waals surface area contributed by atoms with E-state index in [9.17, 15) is 4.39 Å². The van der Waals surface area contributed by atoms with Crippen molar-refractivity contribution in [3.8, 4) is 0 Å². The lowest BCUT2D eigenvalue weighted by Gasteiger charge is -2.20. The van der Waals surface area contributed by atoms with Crippen LogP contribution in [0.2, 0.25) is 0 Å². The van der Waals surface area contributed by atoms with Crippen LogP contribution in [0.15, 0.2) is 34.1 Å². The van der Waals surface area contributed by atoms with Crippen LogP contribution in [0.25, 0.3) is 0 Å². The molecule has 1 nitrogen and oxygen atoms in total. The topological polar surface area (TPSA) is 12.0 Å². The average Bonchev–Trinajstić information content (AvgIpc) is 2.77. The molecule has 0 amide bonds. The van der Waals surface area contributed by atoms with Gasteiger partial charge in [-0.25, -0.2) is 4.39 Å². The minimum Gasteiger partial charge on any atom is -0.310 e. The monoisotopic (exact) mass is 341 g/mol. The van der Waals surface area contributed by atoms with E-state index in [1.54, 1.807) is 17.4 Å². The van der Waals surface area contributed by atoms with E-state index < -0.39 is 0 Å². The van der Waals surface area contributed by atoms with Gasteiger partial charge in [-0.15, -0.1) is 11.3 Å². The summed E-state index contributed by atoms with van der Waals surface area (Å²) in [5, 5.41) is 5.53. The van der Waals surface area contributed by atoms with E-state index in [-0.39, 0.29) is 11.9 Å². The van der Waals surface area contributed by atoms with Crippen LogP contribution in [0.1, 0.15) is 29.0 Å². The third-order valence-corrected chi connectivity index (χ3v) is 4.81. The van der Waals surface area contributed by atoms with Gasteiger partial charge in [0.05, 0.1) is 0 Å². The van der Waals surface area contributed by atoms with Crippen molar-refractivity contribution in [3.05, 3.63) is 55.9 Å². The van der Waals surface area contributed by atoms with Crippen molar-refractivity contribution in [1.29, 1.82) is 0 Å². The van der Waals surface area contributed by atoms with E-state index in [1.165, 1.54) is 10.9 Å². The fraction of sp³-hybridized carbons (Fsp3) is 0.333.